The molecule has 1 aromatic heterocycles. The van der Waals surface area contributed by atoms with Gasteiger partial charge in [0.1, 0.15) is 11.6 Å². The molecule has 3 N–H and O–H groups in total. The summed E-state index contributed by atoms with van der Waals surface area (Å²) in [5.41, 5.74) is 3.71. The van der Waals surface area contributed by atoms with Crippen LogP contribution in [-0.2, 0) is 10.2 Å². The van der Waals surface area contributed by atoms with Gasteiger partial charge in [-0.05, 0) is 42.0 Å². The number of carbonyl (C=O) groups is 1. The van der Waals surface area contributed by atoms with E-state index in [0.29, 0.717) is 6.54 Å². The largest absolute Gasteiger partial charge is 0.508 e. The second-order valence-electron chi connectivity index (χ2n) is 6.25. The monoisotopic (exact) mass is 309 g/mol. The van der Waals surface area contributed by atoms with E-state index in [1.807, 2.05) is 24.3 Å². The van der Waals surface area contributed by atoms with E-state index >= 15 is 0 Å². The molecule has 0 saturated carbocycles. The summed E-state index contributed by atoms with van der Waals surface area (Å²) < 4.78 is 0. The fourth-order valence-electron chi connectivity index (χ4n) is 2.59. The summed E-state index contributed by atoms with van der Waals surface area (Å²) in [6, 6.07) is 13.0. The molecule has 0 atom stereocenters. The summed E-state index contributed by atoms with van der Waals surface area (Å²) in [5, 5.41) is 12.1. The van der Waals surface area contributed by atoms with E-state index in [4.69, 9.17) is 0 Å². The van der Waals surface area contributed by atoms with Gasteiger partial charge in [0.25, 0.3) is 0 Å². The minimum atomic E-state index is -0.168. The lowest BCUT2D eigenvalue weighted by Gasteiger charge is -2.24. The quantitative estimate of drug-likeness (QED) is 0.634. The lowest BCUT2D eigenvalue weighted by Crippen LogP contribution is -2.32. The SMILES string of the molecule is CC(C)(CNC=O)c1ccc2nc(-c3ccc(O)cc3)[nH]c2c1. The van der Waals surface area contributed by atoms with E-state index in [1.165, 1.54) is 0 Å². The van der Waals surface area contributed by atoms with Gasteiger partial charge in [0, 0.05) is 17.5 Å². The summed E-state index contributed by atoms with van der Waals surface area (Å²) in [6.07, 6.45) is 0.722. The number of benzene rings is 2. The van der Waals surface area contributed by atoms with Gasteiger partial charge in [0.2, 0.25) is 6.41 Å². The second kappa shape index (κ2) is 5.76. The highest BCUT2D eigenvalue weighted by atomic mass is 16.3. The van der Waals surface area contributed by atoms with Crippen molar-refractivity contribution in [3.63, 3.8) is 0 Å². The van der Waals surface area contributed by atoms with Crippen LogP contribution < -0.4 is 5.32 Å². The molecule has 1 amide bonds. The van der Waals surface area contributed by atoms with Gasteiger partial charge in [0.15, 0.2) is 0 Å². The first kappa shape index (κ1) is 15.1. The Balaban J connectivity index is 1.97. The molecule has 0 bridgehead atoms. The molecule has 0 spiro atoms. The molecule has 3 aromatic rings. The van der Waals surface area contributed by atoms with Crippen LogP contribution in [0.5, 0.6) is 5.75 Å². The van der Waals surface area contributed by atoms with Crippen LogP contribution in [0.3, 0.4) is 0 Å². The lowest BCUT2D eigenvalue weighted by molar-refractivity contribution is -0.109. The van der Waals surface area contributed by atoms with Crippen molar-refractivity contribution in [3.05, 3.63) is 48.0 Å². The van der Waals surface area contributed by atoms with Crippen LogP contribution in [-0.4, -0.2) is 28.0 Å². The third-order valence-corrected chi connectivity index (χ3v) is 4.03. The molecule has 23 heavy (non-hydrogen) atoms. The number of hydrogen-bond donors (Lipinski definition) is 3. The maximum absolute atomic E-state index is 10.5. The van der Waals surface area contributed by atoms with E-state index < -0.39 is 0 Å². The Bertz CT molecular complexity index is 835. The number of imidazole rings is 1. The number of nitrogens with zero attached hydrogens (tertiary/aromatic N) is 1. The standard InChI is InChI=1S/C18H19N3O2/c1-18(2,10-19-11-22)13-5-8-15-16(9-13)21-17(20-15)12-3-6-14(23)7-4-12/h3-9,11,23H,10H2,1-2H3,(H,19,22)(H,20,21). The van der Waals surface area contributed by atoms with Crippen LogP contribution in [0.4, 0.5) is 0 Å². The average Bonchev–Trinajstić information content (AvgIpc) is 2.96. The zero-order valence-corrected chi connectivity index (χ0v) is 13.1. The molecule has 1 heterocycles. The number of carbonyl (C=O) groups excluding carboxylic acids is 1. The fourth-order valence-corrected chi connectivity index (χ4v) is 2.59. The summed E-state index contributed by atoms with van der Waals surface area (Å²) in [4.78, 5) is 18.4. The second-order valence-corrected chi connectivity index (χ2v) is 6.25. The number of H-pyrrole nitrogens is 1. The van der Waals surface area contributed by atoms with Crippen LogP contribution >= 0.6 is 0 Å². The zero-order chi connectivity index (χ0) is 16.4. The molecule has 2 aromatic carbocycles. The normalized spacial score (nSPS) is 11.6. The van der Waals surface area contributed by atoms with Crippen molar-refractivity contribution in [1.29, 1.82) is 0 Å². The van der Waals surface area contributed by atoms with Crippen LogP contribution in [0.2, 0.25) is 0 Å². The predicted molar refractivity (Wildman–Crippen MR) is 90.3 cm³/mol. The van der Waals surface area contributed by atoms with Gasteiger partial charge >= 0.3 is 0 Å². The molecule has 0 radical (unpaired) electrons. The van der Waals surface area contributed by atoms with Gasteiger partial charge in [-0.3, -0.25) is 4.79 Å². The van der Waals surface area contributed by atoms with Crippen molar-refractivity contribution in [2.45, 2.75) is 19.3 Å². The maximum Gasteiger partial charge on any atom is 0.207 e. The number of aromatic amines is 1. The van der Waals surface area contributed by atoms with Gasteiger partial charge in [-0.15, -0.1) is 0 Å². The summed E-state index contributed by atoms with van der Waals surface area (Å²) in [5.74, 6) is 0.998. The molecule has 5 nitrogen and oxygen atoms in total. The Hall–Kier alpha value is -2.82. The van der Waals surface area contributed by atoms with E-state index in [0.717, 1.165) is 34.4 Å². The van der Waals surface area contributed by atoms with Gasteiger partial charge in [-0.25, -0.2) is 4.98 Å². The Morgan fingerprint density at radius 3 is 2.65 bits per heavy atom. The number of rotatable bonds is 5. The number of aromatic nitrogens is 2. The smallest absolute Gasteiger partial charge is 0.207 e. The average molecular weight is 309 g/mol. The molecular weight excluding hydrogens is 290 g/mol. The molecule has 118 valence electrons. The predicted octanol–water partition coefficient (Wildman–Crippen LogP) is 2.96. The minimum Gasteiger partial charge on any atom is -0.508 e. The van der Waals surface area contributed by atoms with E-state index in [-0.39, 0.29) is 11.2 Å². The molecule has 0 saturated heterocycles. The van der Waals surface area contributed by atoms with Crippen molar-refractivity contribution in [2.24, 2.45) is 0 Å². The van der Waals surface area contributed by atoms with Gasteiger partial charge < -0.3 is 15.4 Å². The zero-order valence-electron chi connectivity index (χ0n) is 13.1. The van der Waals surface area contributed by atoms with Crippen LogP contribution in [0.1, 0.15) is 19.4 Å². The summed E-state index contributed by atoms with van der Waals surface area (Å²) in [7, 11) is 0. The number of phenolic OH excluding ortho intramolecular Hbond substituents is 1. The van der Waals surface area contributed by atoms with Crippen molar-refractivity contribution >= 4 is 17.4 Å². The highest BCUT2D eigenvalue weighted by molar-refractivity contribution is 5.80. The fraction of sp³-hybridized carbons (Fsp3) is 0.222. The molecule has 0 unspecified atom stereocenters. The molecule has 5 heteroatoms. The third-order valence-electron chi connectivity index (χ3n) is 4.03. The molecule has 0 aliphatic rings. The first-order valence-electron chi connectivity index (χ1n) is 7.46. The molecule has 0 aliphatic carbocycles. The van der Waals surface area contributed by atoms with Crippen molar-refractivity contribution in [2.75, 3.05) is 6.54 Å². The number of phenols is 1. The third kappa shape index (κ3) is 3.04. The first-order valence-corrected chi connectivity index (χ1v) is 7.46. The van der Waals surface area contributed by atoms with Gasteiger partial charge in [0.05, 0.1) is 11.0 Å². The summed E-state index contributed by atoms with van der Waals surface area (Å²) in [6.45, 7) is 4.74. The lowest BCUT2D eigenvalue weighted by atomic mass is 9.84. The van der Waals surface area contributed by atoms with Gasteiger partial charge in [-0.1, -0.05) is 19.9 Å². The Labute approximate surface area is 134 Å². The van der Waals surface area contributed by atoms with E-state index in [9.17, 15) is 9.90 Å². The number of fused-ring (bicyclic) bond motifs is 1. The van der Waals surface area contributed by atoms with Crippen LogP contribution in [0.25, 0.3) is 22.4 Å². The number of amides is 1. The van der Waals surface area contributed by atoms with E-state index in [2.05, 4.69) is 35.2 Å². The Kier molecular flexibility index (Phi) is 3.78. The topological polar surface area (TPSA) is 78.0 Å². The van der Waals surface area contributed by atoms with E-state index in [1.54, 1.807) is 12.1 Å². The molecule has 0 aliphatic heterocycles. The summed E-state index contributed by atoms with van der Waals surface area (Å²) >= 11 is 0. The number of hydrogen-bond acceptors (Lipinski definition) is 3. The van der Waals surface area contributed by atoms with Crippen molar-refractivity contribution in [3.8, 4) is 17.1 Å². The number of aromatic hydroxyl groups is 1. The van der Waals surface area contributed by atoms with Gasteiger partial charge in [-0.2, -0.15) is 0 Å². The highest BCUT2D eigenvalue weighted by Gasteiger charge is 2.21. The molecule has 0 fully saturated rings. The number of nitrogens with one attached hydrogen (secondary N) is 2. The van der Waals surface area contributed by atoms with Crippen molar-refractivity contribution < 1.29 is 9.90 Å². The Morgan fingerprint density at radius 1 is 1.22 bits per heavy atom. The highest BCUT2D eigenvalue weighted by Crippen LogP contribution is 2.27. The van der Waals surface area contributed by atoms with Crippen molar-refractivity contribution in [1.82, 2.24) is 15.3 Å². The van der Waals surface area contributed by atoms with Crippen LogP contribution in [0.15, 0.2) is 42.5 Å². The molecule has 3 rings (SSSR count). The Morgan fingerprint density at radius 2 is 1.96 bits per heavy atom. The van der Waals surface area contributed by atoms with Crippen LogP contribution in [0, 0.1) is 0 Å². The first-order chi connectivity index (χ1) is 11.0. The minimum absolute atomic E-state index is 0.168. The molecular formula is C18H19N3O2. The maximum atomic E-state index is 10.5.